The van der Waals surface area contributed by atoms with Crippen LogP contribution in [-0.2, 0) is 35.6 Å². The zero-order chi connectivity index (χ0) is 26.5. The predicted molar refractivity (Wildman–Crippen MR) is 138 cm³/mol. The van der Waals surface area contributed by atoms with Crippen molar-refractivity contribution in [2.75, 3.05) is 52.2 Å². The first-order valence-corrected chi connectivity index (χ1v) is 15.0. The average molecular weight is 563 g/mol. The van der Waals surface area contributed by atoms with Crippen LogP contribution in [0.15, 0.2) is 12.1 Å². The van der Waals surface area contributed by atoms with Gasteiger partial charge in [-0.05, 0) is 30.9 Å². The van der Waals surface area contributed by atoms with Crippen LogP contribution in [0.5, 0.6) is 0 Å². The van der Waals surface area contributed by atoms with Gasteiger partial charge in [0.1, 0.15) is 6.04 Å². The second-order valence-electron chi connectivity index (χ2n) is 9.15. The SMILES string of the molecule is CC[C@H](C)[C@@H](C(=O)N1CCOCC1)N1CC[C@H](NCC(=O)N(C)S(=O)(=O)CCc2ccc(Cl)s2)C1=O. The number of sulfonamides is 1. The third-order valence-electron chi connectivity index (χ3n) is 6.84. The summed E-state index contributed by atoms with van der Waals surface area (Å²) >= 11 is 7.19. The van der Waals surface area contributed by atoms with E-state index in [9.17, 15) is 22.8 Å². The van der Waals surface area contributed by atoms with E-state index in [1.807, 2.05) is 13.8 Å². The number of hydrogen-bond donors (Lipinski definition) is 1. The number of morpholine rings is 1. The van der Waals surface area contributed by atoms with E-state index in [0.717, 1.165) is 15.6 Å². The minimum absolute atomic E-state index is 0.0285. The molecule has 0 radical (unpaired) electrons. The van der Waals surface area contributed by atoms with Gasteiger partial charge in [0.05, 0.1) is 35.9 Å². The second kappa shape index (κ2) is 12.7. The van der Waals surface area contributed by atoms with Crippen LogP contribution in [0.3, 0.4) is 0 Å². The van der Waals surface area contributed by atoms with E-state index in [-0.39, 0.29) is 36.5 Å². The smallest absolute Gasteiger partial charge is 0.249 e. The lowest BCUT2D eigenvalue weighted by Gasteiger charge is -2.37. The lowest BCUT2D eigenvalue weighted by Crippen LogP contribution is -2.56. The molecule has 0 aromatic carbocycles. The fraction of sp³-hybridized carbons (Fsp3) is 0.696. The summed E-state index contributed by atoms with van der Waals surface area (Å²) in [5, 5.41) is 2.91. The molecule has 3 heterocycles. The molecular weight excluding hydrogens is 528 g/mol. The van der Waals surface area contributed by atoms with Gasteiger partial charge >= 0.3 is 0 Å². The van der Waals surface area contributed by atoms with Gasteiger partial charge in [0, 0.05) is 31.6 Å². The molecule has 1 N–H and O–H groups in total. The molecule has 2 aliphatic rings. The molecule has 0 bridgehead atoms. The number of aryl methyl sites for hydroxylation is 1. The highest BCUT2D eigenvalue weighted by Gasteiger charge is 2.42. The number of likely N-dealkylation sites (N-methyl/N-ethyl adjacent to an activating group) is 1. The topological polar surface area (TPSA) is 116 Å². The Hall–Kier alpha value is -1.73. The van der Waals surface area contributed by atoms with Crippen LogP contribution >= 0.6 is 22.9 Å². The van der Waals surface area contributed by atoms with Gasteiger partial charge in [-0.15, -0.1) is 11.3 Å². The molecular formula is C23H35ClN4O6S2. The standard InChI is InChI=1S/C23H35ClN4O6S2/c1-4-16(2)21(23(31)27-10-12-34-13-11-27)28-9-7-18(22(28)30)25-15-20(29)26(3)36(32,33)14-8-17-5-6-19(24)35-17/h5-6,16,18,21,25H,4,7-15H2,1-3H3/t16-,18-,21-/m0/s1. The van der Waals surface area contributed by atoms with Crippen LogP contribution in [0, 0.1) is 5.92 Å². The molecule has 10 nitrogen and oxygen atoms in total. The molecule has 1 aromatic heterocycles. The molecule has 202 valence electrons. The van der Waals surface area contributed by atoms with Gasteiger partial charge in [0.2, 0.25) is 27.7 Å². The number of carbonyl (C=O) groups excluding carboxylic acids is 3. The molecule has 0 unspecified atom stereocenters. The maximum Gasteiger partial charge on any atom is 0.249 e. The fourth-order valence-corrected chi connectivity index (χ4v) is 6.72. The zero-order valence-corrected chi connectivity index (χ0v) is 23.3. The molecule has 3 rings (SSSR count). The Morgan fingerprint density at radius 3 is 2.58 bits per heavy atom. The van der Waals surface area contributed by atoms with Gasteiger partial charge in [-0.1, -0.05) is 31.9 Å². The van der Waals surface area contributed by atoms with Crippen molar-refractivity contribution in [3.8, 4) is 0 Å². The number of hydrogen-bond acceptors (Lipinski definition) is 8. The number of nitrogens with zero attached hydrogens (tertiary/aromatic N) is 3. The van der Waals surface area contributed by atoms with Crippen LogP contribution in [0.1, 0.15) is 31.6 Å². The monoisotopic (exact) mass is 562 g/mol. The van der Waals surface area contributed by atoms with Gasteiger partial charge in [0.25, 0.3) is 0 Å². The Balaban J connectivity index is 1.56. The number of halogens is 1. The molecule has 13 heteroatoms. The molecule has 2 aliphatic heterocycles. The van der Waals surface area contributed by atoms with E-state index in [1.165, 1.54) is 18.4 Å². The average Bonchev–Trinajstić information content (AvgIpc) is 3.46. The maximum absolute atomic E-state index is 13.3. The number of amides is 3. The van der Waals surface area contributed by atoms with Crippen molar-refractivity contribution in [2.24, 2.45) is 5.92 Å². The Kier molecular flexibility index (Phi) is 10.2. The second-order valence-corrected chi connectivity index (χ2v) is 13.1. The molecule has 0 aliphatic carbocycles. The van der Waals surface area contributed by atoms with Crippen molar-refractivity contribution in [2.45, 2.75) is 45.2 Å². The first kappa shape index (κ1) is 28.8. The normalized spacial score (nSPS) is 20.4. The number of thiophene rings is 1. The predicted octanol–water partition coefficient (Wildman–Crippen LogP) is 1.20. The highest BCUT2D eigenvalue weighted by atomic mass is 35.5. The molecule has 36 heavy (non-hydrogen) atoms. The third-order valence-corrected chi connectivity index (χ3v) is 9.89. The first-order chi connectivity index (χ1) is 17.0. The molecule has 3 atom stereocenters. The molecule has 1 aromatic rings. The number of carbonyl (C=O) groups is 3. The van der Waals surface area contributed by atoms with E-state index in [4.69, 9.17) is 16.3 Å². The minimum Gasteiger partial charge on any atom is -0.378 e. The zero-order valence-electron chi connectivity index (χ0n) is 20.9. The number of likely N-dealkylation sites (tertiary alicyclic amines) is 1. The van der Waals surface area contributed by atoms with Crippen molar-refractivity contribution in [3.63, 3.8) is 0 Å². The lowest BCUT2D eigenvalue weighted by molar-refractivity contribution is -0.149. The molecule has 0 saturated carbocycles. The van der Waals surface area contributed by atoms with E-state index in [0.29, 0.717) is 43.6 Å². The maximum atomic E-state index is 13.3. The first-order valence-electron chi connectivity index (χ1n) is 12.2. The van der Waals surface area contributed by atoms with Crippen LogP contribution in [0.25, 0.3) is 0 Å². The summed E-state index contributed by atoms with van der Waals surface area (Å²) in [5.41, 5.74) is 0. The summed E-state index contributed by atoms with van der Waals surface area (Å²) in [6.07, 6.45) is 1.43. The number of nitrogens with one attached hydrogen (secondary N) is 1. The fourth-order valence-electron chi connectivity index (χ4n) is 4.38. The van der Waals surface area contributed by atoms with Crippen LogP contribution in [0.2, 0.25) is 4.34 Å². The van der Waals surface area contributed by atoms with Crippen molar-refractivity contribution in [1.82, 2.24) is 19.4 Å². The highest BCUT2D eigenvalue weighted by Crippen LogP contribution is 2.24. The van der Waals surface area contributed by atoms with Crippen molar-refractivity contribution in [3.05, 3.63) is 21.3 Å². The molecule has 2 saturated heterocycles. The summed E-state index contributed by atoms with van der Waals surface area (Å²) in [5.74, 6) is -1.21. The molecule has 2 fully saturated rings. The van der Waals surface area contributed by atoms with Crippen molar-refractivity contribution < 1.29 is 27.5 Å². The van der Waals surface area contributed by atoms with Gasteiger partial charge in [0.15, 0.2) is 0 Å². The summed E-state index contributed by atoms with van der Waals surface area (Å²) < 4.78 is 31.9. The summed E-state index contributed by atoms with van der Waals surface area (Å²) in [6, 6.07) is 2.24. The molecule has 0 spiro atoms. The number of ether oxygens (including phenoxy) is 1. The van der Waals surface area contributed by atoms with Gasteiger partial charge < -0.3 is 14.5 Å². The number of rotatable bonds is 11. The van der Waals surface area contributed by atoms with Gasteiger partial charge in [-0.25, -0.2) is 12.7 Å². The van der Waals surface area contributed by atoms with Crippen LogP contribution in [0.4, 0.5) is 0 Å². The summed E-state index contributed by atoms with van der Waals surface area (Å²) in [6.45, 7) is 6.03. The van der Waals surface area contributed by atoms with Gasteiger partial charge in [-0.2, -0.15) is 0 Å². The quantitative estimate of drug-likeness (QED) is 0.431. The van der Waals surface area contributed by atoms with Gasteiger partial charge in [-0.3, -0.25) is 19.7 Å². The van der Waals surface area contributed by atoms with E-state index in [1.54, 1.807) is 21.9 Å². The lowest BCUT2D eigenvalue weighted by atomic mass is 9.96. The highest BCUT2D eigenvalue weighted by molar-refractivity contribution is 7.89. The largest absolute Gasteiger partial charge is 0.378 e. The van der Waals surface area contributed by atoms with E-state index in [2.05, 4.69) is 5.32 Å². The Morgan fingerprint density at radius 1 is 1.28 bits per heavy atom. The van der Waals surface area contributed by atoms with E-state index < -0.39 is 28.0 Å². The van der Waals surface area contributed by atoms with E-state index >= 15 is 0 Å². The van der Waals surface area contributed by atoms with Crippen molar-refractivity contribution >= 4 is 50.7 Å². The summed E-state index contributed by atoms with van der Waals surface area (Å²) in [7, 11) is -2.59. The summed E-state index contributed by atoms with van der Waals surface area (Å²) in [4.78, 5) is 43.3. The third kappa shape index (κ3) is 6.97. The Labute approximate surface area is 221 Å². The van der Waals surface area contributed by atoms with Crippen molar-refractivity contribution in [1.29, 1.82) is 0 Å². The molecule has 3 amide bonds. The van der Waals surface area contributed by atoms with Crippen LogP contribution in [-0.4, -0.2) is 105 Å². The van der Waals surface area contributed by atoms with Crippen LogP contribution < -0.4 is 5.32 Å². The minimum atomic E-state index is -3.82. The Bertz CT molecular complexity index is 1040. The Morgan fingerprint density at radius 2 is 1.97 bits per heavy atom.